The molecule has 142 valence electrons. The molecule has 0 saturated carbocycles. The predicted molar refractivity (Wildman–Crippen MR) is 106 cm³/mol. The van der Waals surface area contributed by atoms with Crippen LogP contribution in [0.2, 0.25) is 0 Å². The van der Waals surface area contributed by atoms with Crippen molar-refractivity contribution in [1.29, 1.82) is 0 Å². The molecule has 0 spiro atoms. The van der Waals surface area contributed by atoms with Gasteiger partial charge in [0.25, 0.3) is 5.91 Å². The Morgan fingerprint density at radius 1 is 1.11 bits per heavy atom. The number of amides is 1. The van der Waals surface area contributed by atoms with Crippen molar-refractivity contribution >= 4 is 41.5 Å². The molecule has 0 atom stereocenters. The number of ether oxygens (including phenoxy) is 1. The van der Waals surface area contributed by atoms with Gasteiger partial charge in [0.1, 0.15) is 0 Å². The Hall–Kier alpha value is -2.16. The lowest BCUT2D eigenvalue weighted by Gasteiger charge is -2.32. The predicted octanol–water partition coefficient (Wildman–Crippen LogP) is 3.09. The summed E-state index contributed by atoms with van der Waals surface area (Å²) < 4.78 is 17.0. The normalized spacial score (nSPS) is 17.6. The summed E-state index contributed by atoms with van der Waals surface area (Å²) in [5, 5.41) is 4.65. The van der Waals surface area contributed by atoms with E-state index in [0.29, 0.717) is 21.6 Å². The van der Waals surface area contributed by atoms with Crippen LogP contribution in [0.3, 0.4) is 0 Å². The van der Waals surface area contributed by atoms with E-state index < -0.39 is 24.3 Å². The highest BCUT2D eigenvalue weighted by molar-refractivity contribution is 7.12. The van der Waals surface area contributed by atoms with Crippen molar-refractivity contribution in [3.05, 3.63) is 46.2 Å². The molecule has 1 aliphatic heterocycles. The average Bonchev–Trinajstić information content (AvgIpc) is 3.20. The van der Waals surface area contributed by atoms with Crippen molar-refractivity contribution in [3.63, 3.8) is 0 Å². The molecule has 1 fully saturated rings. The third-order valence-corrected chi connectivity index (χ3v) is 5.77. The first-order valence-corrected chi connectivity index (χ1v) is 9.45. The molecule has 2 aromatic rings. The maximum absolute atomic E-state index is 12.4. The number of carbonyl (C=O) groups is 2. The zero-order chi connectivity index (χ0) is 19.8. The summed E-state index contributed by atoms with van der Waals surface area (Å²) in [4.78, 5) is 25.1. The molecule has 6 nitrogen and oxygen atoms in total. The van der Waals surface area contributed by atoms with Crippen LogP contribution in [0.1, 0.15) is 47.7 Å². The molecule has 0 aliphatic carbocycles. The maximum atomic E-state index is 12.4. The number of thiophene rings is 1. The van der Waals surface area contributed by atoms with Gasteiger partial charge in [-0.2, -0.15) is 0 Å². The van der Waals surface area contributed by atoms with Crippen molar-refractivity contribution in [3.8, 4) is 0 Å². The molecule has 1 aromatic carbocycles. The van der Waals surface area contributed by atoms with Gasteiger partial charge in [0.2, 0.25) is 0 Å². The van der Waals surface area contributed by atoms with Crippen molar-refractivity contribution in [2.24, 2.45) is 0 Å². The number of hydrogen-bond acceptors (Lipinski definition) is 6. The second-order valence-corrected chi connectivity index (χ2v) is 8.30. The van der Waals surface area contributed by atoms with Crippen molar-refractivity contribution in [1.82, 2.24) is 0 Å². The fourth-order valence-electron chi connectivity index (χ4n) is 2.68. The third-order valence-electron chi connectivity index (χ3n) is 4.90. The molecule has 1 saturated heterocycles. The van der Waals surface area contributed by atoms with Gasteiger partial charge in [-0.3, -0.25) is 4.79 Å². The first-order chi connectivity index (χ1) is 12.6. The van der Waals surface area contributed by atoms with Crippen LogP contribution in [0.25, 0.3) is 0 Å². The molecule has 0 bridgehead atoms. The number of hydrogen-bond donors (Lipinski definition) is 1. The summed E-state index contributed by atoms with van der Waals surface area (Å²) >= 11 is 1.34. The zero-order valence-corrected chi connectivity index (χ0v) is 16.8. The Morgan fingerprint density at radius 2 is 1.78 bits per heavy atom. The first-order valence-electron chi connectivity index (χ1n) is 8.57. The quantitative estimate of drug-likeness (QED) is 0.645. The van der Waals surface area contributed by atoms with Gasteiger partial charge in [0.05, 0.1) is 28.8 Å². The number of anilines is 1. The molecule has 0 radical (unpaired) electrons. The summed E-state index contributed by atoms with van der Waals surface area (Å²) in [6.07, 6.45) is 0. The maximum Gasteiger partial charge on any atom is 0.494 e. The molecule has 27 heavy (non-hydrogen) atoms. The van der Waals surface area contributed by atoms with Crippen LogP contribution in [0.15, 0.2) is 35.7 Å². The molecule has 1 N–H and O–H groups in total. The molecule has 8 heteroatoms. The van der Waals surface area contributed by atoms with E-state index in [1.807, 2.05) is 33.1 Å². The van der Waals surface area contributed by atoms with Crippen LogP contribution in [0.4, 0.5) is 5.69 Å². The van der Waals surface area contributed by atoms with Gasteiger partial charge in [-0.05, 0) is 62.8 Å². The summed E-state index contributed by atoms with van der Waals surface area (Å²) in [7, 11) is 0.658. The summed E-state index contributed by atoms with van der Waals surface area (Å²) in [6, 6.07) is 8.53. The van der Waals surface area contributed by atoms with Crippen LogP contribution in [0.5, 0.6) is 0 Å². The smallest absolute Gasteiger partial charge is 0.465 e. The Kier molecular flexibility index (Phi) is 5.16. The van der Waals surface area contributed by atoms with E-state index in [9.17, 15) is 9.59 Å². The molecular weight excluding hydrogens is 365 g/mol. The van der Waals surface area contributed by atoms with E-state index >= 15 is 0 Å². The second-order valence-electron chi connectivity index (χ2n) is 7.35. The summed E-state index contributed by atoms with van der Waals surface area (Å²) in [6.45, 7) is 7.82. The van der Waals surface area contributed by atoms with Gasteiger partial charge in [0.15, 0.2) is 0 Å². The molecule has 0 unspecified atom stereocenters. The van der Waals surface area contributed by atoms with Crippen LogP contribution in [-0.4, -0.2) is 37.3 Å². The highest BCUT2D eigenvalue weighted by Gasteiger charge is 2.51. The Morgan fingerprint density at radius 3 is 2.33 bits per heavy atom. The third kappa shape index (κ3) is 3.92. The first kappa shape index (κ1) is 19.6. The number of carbonyl (C=O) groups excluding carboxylic acids is 2. The van der Waals surface area contributed by atoms with Crippen LogP contribution < -0.4 is 10.8 Å². The lowest BCUT2D eigenvalue weighted by atomic mass is 9.78. The lowest BCUT2D eigenvalue weighted by molar-refractivity contribution is 0.00578. The van der Waals surface area contributed by atoms with Crippen molar-refractivity contribution < 1.29 is 23.6 Å². The molecule has 1 aliphatic rings. The average molecular weight is 387 g/mol. The number of nitrogens with one attached hydrogen (secondary N) is 1. The largest absolute Gasteiger partial charge is 0.494 e. The highest BCUT2D eigenvalue weighted by atomic mass is 32.1. The summed E-state index contributed by atoms with van der Waals surface area (Å²) in [5.74, 6) is -0.744. The monoisotopic (exact) mass is 387 g/mol. The topological polar surface area (TPSA) is 73.9 Å². The SMILES string of the molecule is COC(=O)c1cc(NC(=O)c2cccs2)cc(B2OC(C)(C)C(C)(C)O2)c1. The lowest BCUT2D eigenvalue weighted by Crippen LogP contribution is -2.41. The number of methoxy groups -OCH3 is 1. The fourth-order valence-corrected chi connectivity index (χ4v) is 3.29. The van der Waals surface area contributed by atoms with E-state index in [1.54, 1.807) is 30.3 Å². The standard InChI is InChI=1S/C19H22BNO5S/c1-18(2)19(3,4)26-20(25-18)13-9-12(17(23)24-5)10-14(11-13)21-16(22)15-7-6-8-27-15/h6-11H,1-5H3,(H,21,22). The van der Waals surface area contributed by atoms with E-state index in [4.69, 9.17) is 14.0 Å². The van der Waals surface area contributed by atoms with Crippen LogP contribution in [-0.2, 0) is 14.0 Å². The second kappa shape index (κ2) is 7.11. The molecule has 2 heterocycles. The number of rotatable bonds is 4. The number of benzene rings is 1. The van der Waals surface area contributed by atoms with Crippen molar-refractivity contribution in [2.45, 2.75) is 38.9 Å². The molecule has 3 rings (SSSR count). The molecule has 1 aromatic heterocycles. The van der Waals surface area contributed by atoms with E-state index in [2.05, 4.69) is 5.32 Å². The minimum atomic E-state index is -0.656. The summed E-state index contributed by atoms with van der Waals surface area (Å²) in [5.41, 5.74) is 0.392. The van der Waals surface area contributed by atoms with Gasteiger partial charge in [-0.1, -0.05) is 6.07 Å². The zero-order valence-electron chi connectivity index (χ0n) is 16.0. The number of esters is 1. The minimum absolute atomic E-state index is 0.244. The van der Waals surface area contributed by atoms with Gasteiger partial charge in [0, 0.05) is 5.69 Å². The fraction of sp³-hybridized carbons (Fsp3) is 0.368. The highest BCUT2D eigenvalue weighted by Crippen LogP contribution is 2.36. The Bertz CT molecular complexity index is 847. The molecular formula is C19H22BNO5S. The van der Waals surface area contributed by atoms with Crippen molar-refractivity contribution in [2.75, 3.05) is 12.4 Å². The van der Waals surface area contributed by atoms with Gasteiger partial charge >= 0.3 is 13.1 Å². The van der Waals surface area contributed by atoms with E-state index in [1.165, 1.54) is 18.4 Å². The van der Waals surface area contributed by atoms with Gasteiger partial charge in [-0.15, -0.1) is 11.3 Å². The van der Waals surface area contributed by atoms with Crippen LogP contribution in [0, 0.1) is 0 Å². The van der Waals surface area contributed by atoms with E-state index in [-0.39, 0.29) is 5.91 Å². The Balaban J connectivity index is 1.94. The van der Waals surface area contributed by atoms with Crippen LogP contribution >= 0.6 is 11.3 Å². The molecule has 1 amide bonds. The van der Waals surface area contributed by atoms with Gasteiger partial charge < -0.3 is 19.4 Å². The van der Waals surface area contributed by atoms with Gasteiger partial charge in [-0.25, -0.2) is 4.79 Å². The minimum Gasteiger partial charge on any atom is -0.465 e. The van der Waals surface area contributed by atoms with E-state index in [0.717, 1.165) is 0 Å². The Labute approximate surface area is 163 Å².